The molecule has 0 radical (unpaired) electrons. The fourth-order valence-electron chi connectivity index (χ4n) is 6.49. The topological polar surface area (TPSA) is 363 Å². The lowest BCUT2D eigenvalue weighted by atomic mass is 10.3. The van der Waals surface area contributed by atoms with Gasteiger partial charge in [-0.25, -0.2) is 34.7 Å². The van der Waals surface area contributed by atoms with Gasteiger partial charge < -0.3 is 75.1 Å². The second-order valence-corrected chi connectivity index (χ2v) is 15.2. The molecule has 0 aromatic carbocycles. The number of rotatable bonds is 20. The molecule has 0 aliphatic rings. The number of amides is 7. The highest BCUT2D eigenvalue weighted by atomic mass is 16.5. The summed E-state index contributed by atoms with van der Waals surface area (Å²) in [6.45, 7) is 2.26. The van der Waals surface area contributed by atoms with Crippen molar-refractivity contribution in [1.82, 2.24) is 62.6 Å². The van der Waals surface area contributed by atoms with Crippen LogP contribution in [0.25, 0.3) is 0 Å². The first-order valence-corrected chi connectivity index (χ1v) is 21.0. The molecule has 0 aliphatic carbocycles. The summed E-state index contributed by atoms with van der Waals surface area (Å²) in [6, 6.07) is 0. The number of carbonyl (C=O) groups is 8. The van der Waals surface area contributed by atoms with E-state index in [-0.39, 0.29) is 108 Å². The van der Waals surface area contributed by atoms with Crippen LogP contribution in [0.4, 0.5) is 34.9 Å². The van der Waals surface area contributed by atoms with Gasteiger partial charge in [-0.3, -0.25) is 33.6 Å². The number of carbonyl (C=O) groups excluding carboxylic acids is 8. The third kappa shape index (κ3) is 12.3. The monoisotopic (exact) mass is 954 g/mol. The molecule has 6 aromatic rings. The number of aromatic nitrogens is 12. The number of esters is 1. The molecule has 0 spiro atoms. The molecule has 0 saturated heterocycles. The molecule has 0 aliphatic heterocycles. The number of nitrogens with zero attached hydrogens (tertiary/aromatic N) is 12. The summed E-state index contributed by atoms with van der Waals surface area (Å²) in [7, 11) is 9.34. The largest absolute Gasteiger partial charge is 0.460 e. The predicted octanol–water partition coefficient (Wildman–Crippen LogP) is 0.0996. The van der Waals surface area contributed by atoms with Crippen molar-refractivity contribution in [1.29, 1.82) is 0 Å². The van der Waals surface area contributed by atoms with Gasteiger partial charge in [-0.1, -0.05) is 0 Å². The number of aryl methyl sites for hydroxylation is 6. The van der Waals surface area contributed by atoms with Crippen LogP contribution in [0, 0.1) is 0 Å². The molecule has 0 bridgehead atoms. The zero-order valence-electron chi connectivity index (χ0n) is 38.5. The van der Waals surface area contributed by atoms with Gasteiger partial charge >= 0.3 is 5.97 Å². The van der Waals surface area contributed by atoms with Crippen molar-refractivity contribution in [3.8, 4) is 0 Å². The first-order valence-electron chi connectivity index (χ1n) is 21.0. The number of nitrogens with two attached hydrogens (primary N) is 1. The van der Waals surface area contributed by atoms with Crippen molar-refractivity contribution in [2.24, 2.45) is 48.0 Å². The minimum absolute atomic E-state index is 0.00754. The van der Waals surface area contributed by atoms with Gasteiger partial charge in [0.2, 0.25) is 46.8 Å². The predicted molar refractivity (Wildman–Crippen MR) is 244 cm³/mol. The highest BCUT2D eigenvalue weighted by molar-refractivity contribution is 6.06. The van der Waals surface area contributed by atoms with Crippen LogP contribution >= 0.6 is 0 Å². The molecule has 0 fully saturated rings. The summed E-state index contributed by atoms with van der Waals surface area (Å²) < 4.78 is 13.3. The average molecular weight is 955 g/mol. The lowest BCUT2D eigenvalue weighted by molar-refractivity contribution is -0.117. The molecule has 69 heavy (non-hydrogen) atoms. The van der Waals surface area contributed by atoms with Crippen LogP contribution < -0.4 is 43.0 Å². The Morgan fingerprint density at radius 1 is 0.449 bits per heavy atom. The summed E-state index contributed by atoms with van der Waals surface area (Å²) in [5.41, 5.74) is 5.45. The van der Waals surface area contributed by atoms with E-state index in [1.807, 2.05) is 0 Å². The molecule has 0 saturated carbocycles. The third-order valence-corrected chi connectivity index (χ3v) is 9.71. The Morgan fingerprint density at radius 2 is 0.739 bits per heavy atom. The van der Waals surface area contributed by atoms with E-state index in [1.54, 1.807) is 49.2 Å². The molecule has 9 N–H and O–H groups in total. The molecule has 6 aromatic heterocycles. The standard InChI is InChI=1S/C40H50N20O9/c1-8-69-40(68)34-50-26(20-60(34)7)54-39(67)33-49-25(19-59(33)6)53-37(65)31-46-22(16-57(31)4)44-28(62)12-10-14-42-35(63)29-47-23(17-55(29)2)51-38(66)32-48-24(18-58(32)5)52-36(64)30-45-21(15-56(30)3)43-27(61)11-9-13-41/h15-20H,8-14,41H2,1-7H3,(H,42,63)(H,43,61)(H,44,62)(H,51,66)(H,52,64)(H,53,65)(H,54,67). The zero-order chi connectivity index (χ0) is 50.1. The van der Waals surface area contributed by atoms with Gasteiger partial charge in [0, 0.05) is 98.9 Å². The molecule has 364 valence electrons. The lowest BCUT2D eigenvalue weighted by Crippen LogP contribution is -2.28. The molecule has 29 heteroatoms. The number of anilines is 6. The number of hydrogen-bond acceptors (Lipinski definition) is 16. The van der Waals surface area contributed by atoms with Crippen LogP contribution in [0.15, 0.2) is 37.2 Å². The van der Waals surface area contributed by atoms with Crippen LogP contribution in [-0.4, -0.2) is 124 Å². The Morgan fingerprint density at radius 3 is 1.07 bits per heavy atom. The molecule has 0 unspecified atom stereocenters. The Balaban J connectivity index is 0.937. The third-order valence-electron chi connectivity index (χ3n) is 9.71. The SMILES string of the molecule is CCOC(=O)c1nc(NC(=O)c2nc(NC(=O)c3nc(NC(=O)CCCNC(=O)c4nc(NC(=O)c5nc(NC(=O)c6nc(NC(=O)CCCN)cn6C)cn5C)cn4C)cn3C)cn2C)cn1C. The van der Waals surface area contributed by atoms with Crippen molar-refractivity contribution in [2.75, 3.05) is 51.6 Å². The molecule has 0 atom stereocenters. The van der Waals surface area contributed by atoms with Crippen LogP contribution in [0.1, 0.15) is 96.3 Å². The summed E-state index contributed by atoms with van der Waals surface area (Å²) in [6.07, 6.45) is 9.49. The van der Waals surface area contributed by atoms with Crippen molar-refractivity contribution in [3.05, 3.63) is 72.1 Å². The fraction of sp³-hybridized carbons (Fsp3) is 0.350. The van der Waals surface area contributed by atoms with Crippen molar-refractivity contribution in [2.45, 2.75) is 32.6 Å². The molecule has 29 nitrogen and oxygen atoms in total. The maximum atomic E-state index is 13.2. The second-order valence-electron chi connectivity index (χ2n) is 15.2. The van der Waals surface area contributed by atoms with Crippen molar-refractivity contribution < 1.29 is 43.1 Å². The van der Waals surface area contributed by atoms with Crippen molar-refractivity contribution >= 4 is 82.2 Å². The van der Waals surface area contributed by atoms with Crippen LogP contribution in [0.5, 0.6) is 0 Å². The van der Waals surface area contributed by atoms with Gasteiger partial charge in [-0.2, -0.15) is 0 Å². The molecule has 7 amide bonds. The van der Waals surface area contributed by atoms with Gasteiger partial charge in [0.05, 0.1) is 6.61 Å². The van der Waals surface area contributed by atoms with E-state index in [1.165, 1.54) is 64.6 Å². The molecular weight excluding hydrogens is 905 g/mol. The first kappa shape index (κ1) is 49.4. The summed E-state index contributed by atoms with van der Waals surface area (Å²) in [4.78, 5) is 127. The molecular formula is C40H50N20O9. The smallest absolute Gasteiger partial charge is 0.374 e. The van der Waals surface area contributed by atoms with E-state index >= 15 is 0 Å². The number of hydrogen-bond donors (Lipinski definition) is 8. The average Bonchev–Trinajstić information content (AvgIpc) is 4.15. The van der Waals surface area contributed by atoms with Gasteiger partial charge in [-0.05, 0) is 26.3 Å². The van der Waals surface area contributed by atoms with Crippen LogP contribution in [0.3, 0.4) is 0 Å². The van der Waals surface area contributed by atoms with Gasteiger partial charge in [0.15, 0.2) is 34.9 Å². The van der Waals surface area contributed by atoms with E-state index < -0.39 is 41.4 Å². The van der Waals surface area contributed by atoms with E-state index in [9.17, 15) is 38.4 Å². The van der Waals surface area contributed by atoms with E-state index in [4.69, 9.17) is 10.5 Å². The minimum Gasteiger partial charge on any atom is -0.460 e. The van der Waals surface area contributed by atoms with E-state index in [0.29, 0.717) is 13.0 Å². The number of nitrogens with one attached hydrogen (secondary N) is 7. The number of ether oxygens (including phenoxy) is 1. The molecule has 6 rings (SSSR count). The zero-order valence-corrected chi connectivity index (χ0v) is 38.5. The summed E-state index contributed by atoms with van der Waals surface area (Å²) in [5.74, 6) is -4.45. The number of imidazole rings is 6. The maximum absolute atomic E-state index is 13.2. The maximum Gasteiger partial charge on any atom is 0.374 e. The summed E-state index contributed by atoms with van der Waals surface area (Å²) >= 11 is 0. The van der Waals surface area contributed by atoms with Gasteiger partial charge in [0.1, 0.15) is 0 Å². The quantitative estimate of drug-likeness (QED) is 0.0372. The highest BCUT2D eigenvalue weighted by Crippen LogP contribution is 2.17. The van der Waals surface area contributed by atoms with Gasteiger partial charge in [0.25, 0.3) is 29.5 Å². The minimum atomic E-state index is -0.686. The highest BCUT2D eigenvalue weighted by Gasteiger charge is 2.24. The van der Waals surface area contributed by atoms with E-state index in [2.05, 4.69) is 67.1 Å². The normalized spacial score (nSPS) is 10.9. The lowest BCUT2D eigenvalue weighted by Gasteiger charge is -2.05. The second kappa shape index (κ2) is 21.5. The van der Waals surface area contributed by atoms with Crippen molar-refractivity contribution in [3.63, 3.8) is 0 Å². The first-order chi connectivity index (χ1) is 32.8. The Bertz CT molecular complexity index is 2950. The fourth-order valence-corrected chi connectivity index (χ4v) is 6.49. The Hall–Kier alpha value is -9.02. The Kier molecular flexibility index (Phi) is 15.4. The van der Waals surface area contributed by atoms with Crippen LogP contribution in [-0.2, 0) is 56.6 Å². The van der Waals surface area contributed by atoms with E-state index in [0.717, 1.165) is 0 Å². The van der Waals surface area contributed by atoms with Gasteiger partial charge in [-0.15, -0.1) is 0 Å². The van der Waals surface area contributed by atoms with Crippen LogP contribution in [0.2, 0.25) is 0 Å². The summed E-state index contributed by atoms with van der Waals surface area (Å²) in [5, 5.41) is 18.2. The Labute approximate surface area is 391 Å². The molecule has 6 heterocycles.